The standard InChI is InChI=1S/C16H27NO4/c1-12(2)15(19)16(4-5-16)21-11-13(3)14(18)10-17-6-8-20-9-7-17/h12-13H,4-11H2,1-3H3. The molecule has 21 heavy (non-hydrogen) atoms. The Morgan fingerprint density at radius 2 is 1.81 bits per heavy atom. The normalized spacial score (nSPS) is 23.0. The van der Waals surface area contributed by atoms with Gasteiger partial charge in [-0.3, -0.25) is 14.5 Å². The molecule has 0 N–H and O–H groups in total. The summed E-state index contributed by atoms with van der Waals surface area (Å²) >= 11 is 0. The fourth-order valence-corrected chi connectivity index (χ4v) is 2.61. The highest BCUT2D eigenvalue weighted by atomic mass is 16.5. The first kappa shape index (κ1) is 16.6. The Bertz CT molecular complexity index is 384. The minimum atomic E-state index is -0.582. The van der Waals surface area contributed by atoms with Crippen LogP contribution in [0.5, 0.6) is 0 Å². The van der Waals surface area contributed by atoms with Crippen molar-refractivity contribution in [2.45, 2.75) is 39.2 Å². The van der Waals surface area contributed by atoms with E-state index in [-0.39, 0.29) is 23.4 Å². The first-order valence-corrected chi connectivity index (χ1v) is 7.96. The van der Waals surface area contributed by atoms with Gasteiger partial charge in [-0.05, 0) is 12.8 Å². The second-order valence-corrected chi connectivity index (χ2v) is 6.58. The van der Waals surface area contributed by atoms with Gasteiger partial charge in [0.25, 0.3) is 0 Å². The maximum absolute atomic E-state index is 12.2. The molecule has 1 atom stereocenters. The van der Waals surface area contributed by atoms with Gasteiger partial charge in [0.2, 0.25) is 0 Å². The van der Waals surface area contributed by atoms with Crippen LogP contribution in [0.3, 0.4) is 0 Å². The number of hydrogen-bond donors (Lipinski definition) is 0. The van der Waals surface area contributed by atoms with Gasteiger partial charge in [0, 0.05) is 24.9 Å². The molecular formula is C16H27NO4. The van der Waals surface area contributed by atoms with E-state index in [1.54, 1.807) is 0 Å². The van der Waals surface area contributed by atoms with Crippen LogP contribution in [0.2, 0.25) is 0 Å². The van der Waals surface area contributed by atoms with Crippen LogP contribution in [-0.4, -0.2) is 61.5 Å². The molecule has 0 spiro atoms. The number of ether oxygens (including phenoxy) is 2. The van der Waals surface area contributed by atoms with Crippen molar-refractivity contribution < 1.29 is 19.1 Å². The first-order valence-electron chi connectivity index (χ1n) is 7.96. The molecule has 5 heteroatoms. The summed E-state index contributed by atoms with van der Waals surface area (Å²) in [4.78, 5) is 26.4. The molecule has 1 saturated heterocycles. The molecule has 2 fully saturated rings. The van der Waals surface area contributed by atoms with Crippen molar-refractivity contribution in [3.8, 4) is 0 Å². The zero-order valence-corrected chi connectivity index (χ0v) is 13.4. The maximum Gasteiger partial charge on any atom is 0.167 e. The molecule has 5 nitrogen and oxygen atoms in total. The van der Waals surface area contributed by atoms with Gasteiger partial charge in [-0.15, -0.1) is 0 Å². The molecule has 1 heterocycles. The smallest absolute Gasteiger partial charge is 0.167 e. The molecule has 120 valence electrons. The Balaban J connectivity index is 1.75. The first-order chi connectivity index (χ1) is 9.94. The van der Waals surface area contributed by atoms with Crippen LogP contribution in [-0.2, 0) is 19.1 Å². The van der Waals surface area contributed by atoms with Crippen LogP contribution in [0.25, 0.3) is 0 Å². The lowest BCUT2D eigenvalue weighted by Gasteiger charge is -2.27. The molecule has 0 aromatic rings. The third-order valence-electron chi connectivity index (χ3n) is 4.32. The van der Waals surface area contributed by atoms with E-state index >= 15 is 0 Å². The highest BCUT2D eigenvalue weighted by molar-refractivity contribution is 5.91. The van der Waals surface area contributed by atoms with Gasteiger partial charge < -0.3 is 9.47 Å². The number of carbonyl (C=O) groups excluding carboxylic acids is 2. The van der Waals surface area contributed by atoms with Crippen LogP contribution in [0.4, 0.5) is 0 Å². The minimum absolute atomic E-state index is 0.00754. The molecule has 0 amide bonds. The topological polar surface area (TPSA) is 55.8 Å². The Kier molecular flexibility index (Phi) is 5.52. The zero-order chi connectivity index (χ0) is 15.5. The molecule has 2 rings (SSSR count). The van der Waals surface area contributed by atoms with Crippen LogP contribution in [0.15, 0.2) is 0 Å². The van der Waals surface area contributed by atoms with Gasteiger partial charge in [0.15, 0.2) is 11.6 Å². The van der Waals surface area contributed by atoms with Gasteiger partial charge >= 0.3 is 0 Å². The van der Waals surface area contributed by atoms with Crippen molar-refractivity contribution in [1.82, 2.24) is 4.90 Å². The van der Waals surface area contributed by atoms with Crippen molar-refractivity contribution >= 4 is 11.6 Å². The van der Waals surface area contributed by atoms with E-state index in [1.165, 1.54) is 0 Å². The zero-order valence-electron chi connectivity index (χ0n) is 13.4. The molecule has 1 aliphatic carbocycles. The molecular weight excluding hydrogens is 270 g/mol. The Labute approximate surface area is 127 Å². The molecule has 1 unspecified atom stereocenters. The van der Waals surface area contributed by atoms with Crippen molar-refractivity contribution in [3.63, 3.8) is 0 Å². The monoisotopic (exact) mass is 297 g/mol. The van der Waals surface area contributed by atoms with E-state index < -0.39 is 5.60 Å². The second kappa shape index (κ2) is 6.99. The number of carbonyl (C=O) groups is 2. The third-order valence-corrected chi connectivity index (χ3v) is 4.32. The SMILES string of the molecule is CC(C)C(=O)C1(OCC(C)C(=O)CN2CCOCC2)CC1. The maximum atomic E-state index is 12.2. The largest absolute Gasteiger partial charge is 0.379 e. The number of Topliss-reactive ketones (excluding diaryl/α,β-unsaturated/α-hetero) is 2. The molecule has 1 saturated carbocycles. The van der Waals surface area contributed by atoms with Gasteiger partial charge in [0.05, 0.1) is 26.4 Å². The lowest BCUT2D eigenvalue weighted by atomic mass is 10.0. The van der Waals surface area contributed by atoms with Crippen molar-refractivity contribution in [2.24, 2.45) is 11.8 Å². The molecule has 0 radical (unpaired) electrons. The highest BCUT2D eigenvalue weighted by Crippen LogP contribution is 2.42. The molecule has 0 bridgehead atoms. The summed E-state index contributed by atoms with van der Waals surface area (Å²) in [5.74, 6) is 0.192. The molecule has 1 aliphatic heterocycles. The summed E-state index contributed by atoms with van der Waals surface area (Å²) in [6.45, 7) is 9.52. The van der Waals surface area contributed by atoms with Crippen molar-refractivity contribution in [3.05, 3.63) is 0 Å². The van der Waals surface area contributed by atoms with Crippen LogP contribution in [0.1, 0.15) is 33.6 Å². The number of nitrogens with zero attached hydrogens (tertiary/aromatic N) is 1. The van der Waals surface area contributed by atoms with E-state index in [2.05, 4.69) is 4.90 Å². The van der Waals surface area contributed by atoms with E-state index in [0.29, 0.717) is 26.4 Å². The average molecular weight is 297 g/mol. The van der Waals surface area contributed by atoms with Gasteiger partial charge in [-0.25, -0.2) is 0 Å². The highest BCUT2D eigenvalue weighted by Gasteiger charge is 2.51. The number of morpholine rings is 1. The van der Waals surface area contributed by atoms with E-state index in [0.717, 1.165) is 25.9 Å². The van der Waals surface area contributed by atoms with E-state index in [9.17, 15) is 9.59 Å². The second-order valence-electron chi connectivity index (χ2n) is 6.58. The summed E-state index contributed by atoms with van der Waals surface area (Å²) < 4.78 is 11.1. The lowest BCUT2D eigenvalue weighted by molar-refractivity contribution is -0.140. The van der Waals surface area contributed by atoms with Gasteiger partial charge in [-0.2, -0.15) is 0 Å². The predicted molar refractivity (Wildman–Crippen MR) is 79.2 cm³/mol. The fraction of sp³-hybridized carbons (Fsp3) is 0.875. The predicted octanol–water partition coefficient (Wildman–Crippen LogP) is 1.30. The summed E-state index contributed by atoms with van der Waals surface area (Å²) in [6.07, 6.45) is 1.60. The fourth-order valence-electron chi connectivity index (χ4n) is 2.61. The van der Waals surface area contributed by atoms with Crippen LogP contribution < -0.4 is 0 Å². The van der Waals surface area contributed by atoms with E-state index in [4.69, 9.17) is 9.47 Å². The third kappa shape index (κ3) is 4.34. The summed E-state index contributed by atoms with van der Waals surface area (Å²) in [5.41, 5.74) is -0.582. The molecule has 2 aliphatic rings. The van der Waals surface area contributed by atoms with Crippen LogP contribution >= 0.6 is 0 Å². The van der Waals surface area contributed by atoms with E-state index in [1.807, 2.05) is 20.8 Å². The summed E-state index contributed by atoms with van der Waals surface area (Å²) in [7, 11) is 0. The van der Waals surface area contributed by atoms with Crippen LogP contribution in [0, 0.1) is 11.8 Å². The summed E-state index contributed by atoms with van der Waals surface area (Å²) in [6, 6.07) is 0. The summed E-state index contributed by atoms with van der Waals surface area (Å²) in [5, 5.41) is 0. The molecule has 0 aromatic carbocycles. The van der Waals surface area contributed by atoms with Crippen molar-refractivity contribution in [1.29, 1.82) is 0 Å². The van der Waals surface area contributed by atoms with Gasteiger partial charge in [0.1, 0.15) is 5.60 Å². The number of rotatable bonds is 8. The Hall–Kier alpha value is -0.780. The number of hydrogen-bond acceptors (Lipinski definition) is 5. The quantitative estimate of drug-likeness (QED) is 0.676. The lowest BCUT2D eigenvalue weighted by Crippen LogP contribution is -2.41. The number of ketones is 2. The van der Waals surface area contributed by atoms with Crippen molar-refractivity contribution in [2.75, 3.05) is 39.5 Å². The van der Waals surface area contributed by atoms with Gasteiger partial charge in [-0.1, -0.05) is 20.8 Å². The Morgan fingerprint density at radius 1 is 1.19 bits per heavy atom. The molecule has 0 aromatic heterocycles. The Morgan fingerprint density at radius 3 is 2.33 bits per heavy atom. The average Bonchev–Trinajstić information content (AvgIpc) is 3.26. The minimum Gasteiger partial charge on any atom is -0.379 e.